The van der Waals surface area contributed by atoms with E-state index in [1.54, 1.807) is 12.5 Å². The highest BCUT2D eigenvalue weighted by Crippen LogP contribution is 2.19. The lowest BCUT2D eigenvalue weighted by molar-refractivity contribution is 0.583. The zero-order chi connectivity index (χ0) is 12.8. The molecule has 18 heavy (non-hydrogen) atoms. The van der Waals surface area contributed by atoms with Gasteiger partial charge in [0.2, 0.25) is 0 Å². The molecule has 0 amide bonds. The van der Waals surface area contributed by atoms with Crippen molar-refractivity contribution in [2.45, 2.75) is 32.9 Å². The van der Waals surface area contributed by atoms with Crippen LogP contribution in [0.25, 0.3) is 0 Å². The van der Waals surface area contributed by atoms with Crippen molar-refractivity contribution in [2.75, 3.05) is 6.54 Å². The molecule has 0 aliphatic heterocycles. The Morgan fingerprint density at radius 3 is 2.89 bits per heavy atom. The maximum Gasteiger partial charge on any atom is 0.115 e. The summed E-state index contributed by atoms with van der Waals surface area (Å²) in [5, 5.41) is 7.82. The molecule has 2 aromatic heterocycles. The van der Waals surface area contributed by atoms with Crippen molar-refractivity contribution in [3.63, 3.8) is 0 Å². The summed E-state index contributed by atoms with van der Waals surface area (Å²) in [5.41, 5.74) is 2.12. The molecule has 0 aromatic carbocycles. The third kappa shape index (κ3) is 2.92. The van der Waals surface area contributed by atoms with Crippen LogP contribution >= 0.6 is 0 Å². The Kier molecular flexibility index (Phi) is 4.41. The van der Waals surface area contributed by atoms with Crippen molar-refractivity contribution in [1.29, 1.82) is 0 Å². The van der Waals surface area contributed by atoms with Crippen LogP contribution in [0.2, 0.25) is 0 Å². The summed E-state index contributed by atoms with van der Waals surface area (Å²) in [4.78, 5) is 8.30. The van der Waals surface area contributed by atoms with Gasteiger partial charge in [-0.3, -0.25) is 4.68 Å². The molecule has 0 radical (unpaired) electrons. The molecule has 5 heteroatoms. The highest BCUT2D eigenvalue weighted by molar-refractivity contribution is 5.22. The second-order valence-electron chi connectivity index (χ2n) is 4.15. The van der Waals surface area contributed by atoms with E-state index in [0.29, 0.717) is 0 Å². The van der Waals surface area contributed by atoms with Gasteiger partial charge in [0, 0.05) is 24.5 Å². The van der Waals surface area contributed by atoms with Crippen LogP contribution in [-0.4, -0.2) is 26.3 Å². The Bertz CT molecular complexity index is 465. The Hall–Kier alpha value is -1.75. The molecule has 0 saturated carbocycles. The number of nitrogens with one attached hydrogen (secondary N) is 1. The van der Waals surface area contributed by atoms with Crippen LogP contribution in [0.5, 0.6) is 0 Å². The van der Waals surface area contributed by atoms with E-state index in [9.17, 15) is 0 Å². The lowest BCUT2D eigenvalue weighted by Crippen LogP contribution is -2.23. The number of nitrogens with zero attached hydrogens (tertiary/aromatic N) is 4. The minimum atomic E-state index is 0.0910. The lowest BCUT2D eigenvalue weighted by atomic mass is 10.1. The fraction of sp³-hybridized carbons (Fsp3) is 0.462. The van der Waals surface area contributed by atoms with E-state index in [1.165, 1.54) is 0 Å². The molecule has 2 aromatic rings. The minimum absolute atomic E-state index is 0.0910. The van der Waals surface area contributed by atoms with E-state index < -0.39 is 0 Å². The summed E-state index contributed by atoms with van der Waals surface area (Å²) in [7, 11) is 0. The van der Waals surface area contributed by atoms with Crippen molar-refractivity contribution in [1.82, 2.24) is 25.1 Å². The molecular formula is C13H19N5. The largest absolute Gasteiger partial charge is 0.305 e. The maximum absolute atomic E-state index is 4.33. The van der Waals surface area contributed by atoms with Gasteiger partial charge in [0.1, 0.15) is 6.33 Å². The van der Waals surface area contributed by atoms with Gasteiger partial charge in [-0.25, -0.2) is 9.97 Å². The second-order valence-corrected chi connectivity index (χ2v) is 4.15. The van der Waals surface area contributed by atoms with Crippen LogP contribution in [0.15, 0.2) is 31.0 Å². The van der Waals surface area contributed by atoms with Crippen LogP contribution in [0, 0.1) is 0 Å². The molecule has 1 unspecified atom stereocenters. The number of hydrogen-bond acceptors (Lipinski definition) is 4. The quantitative estimate of drug-likeness (QED) is 0.843. The molecule has 0 saturated heterocycles. The predicted molar refractivity (Wildman–Crippen MR) is 70.1 cm³/mol. The zero-order valence-electron chi connectivity index (χ0n) is 10.9. The molecule has 96 valence electrons. The monoisotopic (exact) mass is 245 g/mol. The van der Waals surface area contributed by atoms with Gasteiger partial charge in [0.05, 0.1) is 17.9 Å². The molecule has 0 fully saturated rings. The molecule has 1 atom stereocenters. The van der Waals surface area contributed by atoms with E-state index in [2.05, 4.69) is 40.4 Å². The number of aromatic nitrogens is 4. The summed E-state index contributed by atoms with van der Waals surface area (Å²) in [6.07, 6.45) is 8.41. The highest BCUT2D eigenvalue weighted by atomic mass is 15.3. The first-order valence-electron chi connectivity index (χ1n) is 6.36. The fourth-order valence-corrected chi connectivity index (χ4v) is 1.86. The molecule has 0 aliphatic carbocycles. The first kappa shape index (κ1) is 12.7. The van der Waals surface area contributed by atoms with Gasteiger partial charge in [0.25, 0.3) is 0 Å². The molecule has 1 N–H and O–H groups in total. The fourth-order valence-electron chi connectivity index (χ4n) is 1.86. The van der Waals surface area contributed by atoms with E-state index in [0.717, 1.165) is 30.8 Å². The minimum Gasteiger partial charge on any atom is -0.305 e. The third-order valence-electron chi connectivity index (χ3n) is 2.81. The topological polar surface area (TPSA) is 55.6 Å². The number of aryl methyl sites for hydroxylation is 1. The Balaban J connectivity index is 2.24. The van der Waals surface area contributed by atoms with Gasteiger partial charge in [-0.1, -0.05) is 6.92 Å². The van der Waals surface area contributed by atoms with Crippen molar-refractivity contribution in [2.24, 2.45) is 0 Å². The van der Waals surface area contributed by atoms with Crippen LogP contribution in [0.1, 0.15) is 37.6 Å². The van der Waals surface area contributed by atoms with Crippen molar-refractivity contribution in [3.8, 4) is 0 Å². The summed E-state index contributed by atoms with van der Waals surface area (Å²) < 4.78 is 1.93. The van der Waals surface area contributed by atoms with Gasteiger partial charge < -0.3 is 5.32 Å². The summed E-state index contributed by atoms with van der Waals surface area (Å²) in [6.45, 7) is 6.06. The van der Waals surface area contributed by atoms with Gasteiger partial charge in [-0.15, -0.1) is 0 Å². The molecule has 2 rings (SSSR count). The van der Waals surface area contributed by atoms with Gasteiger partial charge in [-0.05, 0) is 26.0 Å². The van der Waals surface area contributed by atoms with E-state index in [4.69, 9.17) is 0 Å². The van der Waals surface area contributed by atoms with Crippen LogP contribution < -0.4 is 5.32 Å². The Morgan fingerprint density at radius 2 is 2.28 bits per heavy atom. The summed E-state index contributed by atoms with van der Waals surface area (Å²) in [6, 6.07) is 2.03. The summed E-state index contributed by atoms with van der Waals surface area (Å²) >= 11 is 0. The molecule has 0 spiro atoms. The number of hydrogen-bond donors (Lipinski definition) is 1. The van der Waals surface area contributed by atoms with E-state index >= 15 is 0 Å². The zero-order valence-corrected chi connectivity index (χ0v) is 10.9. The lowest BCUT2D eigenvalue weighted by Gasteiger charge is -2.16. The van der Waals surface area contributed by atoms with Crippen molar-refractivity contribution < 1.29 is 0 Å². The normalized spacial score (nSPS) is 12.6. The van der Waals surface area contributed by atoms with Crippen LogP contribution in [0.3, 0.4) is 0 Å². The van der Waals surface area contributed by atoms with Crippen molar-refractivity contribution >= 4 is 0 Å². The first-order valence-corrected chi connectivity index (χ1v) is 6.36. The van der Waals surface area contributed by atoms with Gasteiger partial charge >= 0.3 is 0 Å². The average molecular weight is 245 g/mol. The van der Waals surface area contributed by atoms with Gasteiger partial charge in [-0.2, -0.15) is 5.10 Å². The van der Waals surface area contributed by atoms with Crippen molar-refractivity contribution in [3.05, 3.63) is 42.2 Å². The SMILES string of the molecule is CCCNC(c1cnn(CC)c1)c1ccncn1. The van der Waals surface area contributed by atoms with E-state index in [-0.39, 0.29) is 6.04 Å². The Morgan fingerprint density at radius 1 is 1.39 bits per heavy atom. The summed E-state index contributed by atoms with van der Waals surface area (Å²) in [5.74, 6) is 0. The molecular weight excluding hydrogens is 226 g/mol. The molecule has 5 nitrogen and oxygen atoms in total. The van der Waals surface area contributed by atoms with Gasteiger partial charge in [0.15, 0.2) is 0 Å². The Labute approximate surface area is 107 Å². The second kappa shape index (κ2) is 6.26. The highest BCUT2D eigenvalue weighted by Gasteiger charge is 2.16. The van der Waals surface area contributed by atoms with E-state index in [1.807, 2.05) is 16.9 Å². The number of rotatable bonds is 6. The first-order chi connectivity index (χ1) is 8.85. The smallest absolute Gasteiger partial charge is 0.115 e. The average Bonchev–Trinajstić information content (AvgIpc) is 2.89. The van der Waals surface area contributed by atoms with Crippen LogP contribution in [0.4, 0.5) is 0 Å². The molecule has 0 bridgehead atoms. The third-order valence-corrected chi connectivity index (χ3v) is 2.81. The predicted octanol–water partition coefficient (Wildman–Crippen LogP) is 1.78. The standard InChI is InChI=1S/C13H19N5/c1-3-6-15-13(12-5-7-14-10-16-12)11-8-17-18(4-2)9-11/h5,7-10,13,15H,3-4,6H2,1-2H3. The van der Waals surface area contributed by atoms with Crippen LogP contribution in [-0.2, 0) is 6.54 Å². The molecule has 2 heterocycles. The maximum atomic E-state index is 4.33. The molecule has 0 aliphatic rings.